The van der Waals surface area contributed by atoms with Gasteiger partial charge in [0, 0.05) is 18.0 Å². The summed E-state index contributed by atoms with van der Waals surface area (Å²) in [6, 6.07) is 5.29. The monoisotopic (exact) mass is 405 g/mol. The molecule has 29 heavy (non-hydrogen) atoms. The van der Waals surface area contributed by atoms with Gasteiger partial charge < -0.3 is 26.0 Å². The van der Waals surface area contributed by atoms with Gasteiger partial charge in [-0.3, -0.25) is 10.7 Å². The van der Waals surface area contributed by atoms with Gasteiger partial charge in [0.05, 0.1) is 23.8 Å². The van der Waals surface area contributed by atoms with Gasteiger partial charge in [0.2, 0.25) is 5.90 Å². The minimum atomic E-state index is -1.33. The second kappa shape index (κ2) is 9.30. The highest BCUT2D eigenvalue weighted by molar-refractivity contribution is 5.97. The second-order valence-electron chi connectivity index (χ2n) is 6.79. The van der Waals surface area contributed by atoms with Crippen LogP contribution in [0, 0.1) is 11.2 Å². The van der Waals surface area contributed by atoms with Crippen LogP contribution < -0.4 is 16.4 Å². The molecule has 0 radical (unpaired) electrons. The van der Waals surface area contributed by atoms with E-state index >= 15 is 0 Å². The molecule has 2 aromatic rings. The molecule has 0 fully saturated rings. The van der Waals surface area contributed by atoms with Crippen molar-refractivity contribution >= 4 is 23.4 Å². The zero-order valence-corrected chi connectivity index (χ0v) is 16.1. The predicted molar refractivity (Wildman–Crippen MR) is 106 cm³/mol. The third-order valence-electron chi connectivity index (χ3n) is 3.95. The van der Waals surface area contributed by atoms with Crippen LogP contribution in [0.4, 0.5) is 20.7 Å². The molecule has 2 rings (SSSR count). The quantitative estimate of drug-likeness (QED) is 0.305. The van der Waals surface area contributed by atoms with E-state index in [1.165, 1.54) is 50.4 Å². The number of urea groups is 1. The van der Waals surface area contributed by atoms with Crippen molar-refractivity contribution in [2.45, 2.75) is 25.5 Å². The van der Waals surface area contributed by atoms with Gasteiger partial charge in [0.1, 0.15) is 18.2 Å². The number of aliphatic hydroxyl groups is 2. The zero-order chi connectivity index (χ0) is 21.6. The number of aromatic nitrogens is 1. The van der Waals surface area contributed by atoms with Crippen LogP contribution in [0.2, 0.25) is 0 Å². The molecule has 1 atom stereocenters. The average Bonchev–Trinajstić information content (AvgIpc) is 2.64. The number of hydrogen-bond donors (Lipinski definition) is 6. The predicted octanol–water partition coefficient (Wildman–Crippen LogP) is 1.77. The molecule has 10 heteroatoms. The van der Waals surface area contributed by atoms with Crippen LogP contribution in [0.15, 0.2) is 36.5 Å². The number of anilines is 2. The topological polar surface area (TPSA) is 154 Å². The minimum Gasteiger partial charge on any atom is -0.475 e. The molecule has 0 aliphatic heterocycles. The summed E-state index contributed by atoms with van der Waals surface area (Å²) in [5.74, 6) is -0.563. The Labute approximate surface area is 167 Å². The highest BCUT2D eigenvalue weighted by Crippen LogP contribution is 2.26. The third-order valence-corrected chi connectivity index (χ3v) is 3.95. The Hall–Kier alpha value is -3.24. The molecule has 0 aliphatic carbocycles. The fraction of sp³-hybridized carbons (Fsp3) is 0.316. The van der Waals surface area contributed by atoms with Crippen LogP contribution in [0.5, 0.6) is 0 Å². The minimum absolute atomic E-state index is 0.0532. The number of carbonyl (C=O) groups excluding carboxylic acids is 1. The number of halogens is 1. The highest BCUT2D eigenvalue weighted by Gasteiger charge is 2.30. The van der Waals surface area contributed by atoms with E-state index in [4.69, 9.17) is 21.0 Å². The van der Waals surface area contributed by atoms with Gasteiger partial charge >= 0.3 is 6.03 Å². The molecule has 0 spiro atoms. The first-order valence-corrected chi connectivity index (χ1v) is 8.75. The summed E-state index contributed by atoms with van der Waals surface area (Å²) >= 11 is 0. The molecule has 0 unspecified atom stereocenters. The van der Waals surface area contributed by atoms with E-state index in [-0.39, 0.29) is 36.2 Å². The van der Waals surface area contributed by atoms with Gasteiger partial charge in [-0.15, -0.1) is 0 Å². The fourth-order valence-corrected chi connectivity index (χ4v) is 2.56. The molecule has 0 saturated heterocycles. The van der Waals surface area contributed by atoms with Crippen molar-refractivity contribution in [1.82, 2.24) is 10.3 Å². The van der Waals surface area contributed by atoms with Crippen molar-refractivity contribution < 1.29 is 24.1 Å². The molecule has 0 saturated carbocycles. The van der Waals surface area contributed by atoms with Crippen LogP contribution in [0.25, 0.3) is 0 Å². The maximum atomic E-state index is 13.2. The van der Waals surface area contributed by atoms with E-state index < -0.39 is 23.5 Å². The molecular weight excluding hydrogens is 381 g/mol. The van der Waals surface area contributed by atoms with Crippen molar-refractivity contribution in [3.05, 3.63) is 53.5 Å². The summed E-state index contributed by atoms with van der Waals surface area (Å²) in [5.41, 5.74) is 5.43. The number of carbonyl (C=O) groups is 1. The lowest BCUT2D eigenvalue weighted by atomic mass is 9.92. The van der Waals surface area contributed by atoms with Gasteiger partial charge in [-0.25, -0.2) is 14.2 Å². The summed E-state index contributed by atoms with van der Waals surface area (Å²) < 4.78 is 18.2. The Bertz CT molecular complexity index is 868. The van der Waals surface area contributed by atoms with Gasteiger partial charge in [0.25, 0.3) is 0 Å². The molecule has 1 aromatic heterocycles. The number of nitrogens with zero attached hydrogens (tertiary/aromatic N) is 1. The molecule has 156 valence electrons. The summed E-state index contributed by atoms with van der Waals surface area (Å²) in [6.45, 7) is 2.74. The van der Waals surface area contributed by atoms with Crippen LogP contribution in [-0.4, -0.2) is 45.9 Å². The molecule has 2 amide bonds. The third kappa shape index (κ3) is 6.13. The summed E-state index contributed by atoms with van der Waals surface area (Å²) in [6.07, 6.45) is 1.26. The number of nitrogen functional groups attached to an aromatic ring is 1. The van der Waals surface area contributed by atoms with Gasteiger partial charge in [-0.2, -0.15) is 0 Å². The molecule has 0 aliphatic rings. The van der Waals surface area contributed by atoms with Crippen molar-refractivity contribution in [3.8, 4) is 0 Å². The Morgan fingerprint density at radius 1 is 1.38 bits per heavy atom. The smallest absolute Gasteiger partial charge is 0.320 e. The number of hydrogen-bond acceptors (Lipinski definition) is 7. The first-order valence-electron chi connectivity index (χ1n) is 8.75. The van der Waals surface area contributed by atoms with E-state index in [1.807, 2.05) is 0 Å². The molecule has 9 nitrogen and oxygen atoms in total. The summed E-state index contributed by atoms with van der Waals surface area (Å²) in [4.78, 5) is 16.4. The summed E-state index contributed by atoms with van der Waals surface area (Å²) in [5, 5.41) is 32.0. The number of nitrogens with two attached hydrogens (primary N) is 1. The lowest BCUT2D eigenvalue weighted by Crippen LogP contribution is -2.44. The first-order chi connectivity index (χ1) is 13.6. The number of benzene rings is 1. The van der Waals surface area contributed by atoms with Crippen molar-refractivity contribution in [3.63, 3.8) is 0 Å². The van der Waals surface area contributed by atoms with Crippen molar-refractivity contribution in [1.29, 1.82) is 5.41 Å². The number of pyridine rings is 1. The van der Waals surface area contributed by atoms with Gasteiger partial charge in [-0.05, 0) is 31.5 Å². The van der Waals surface area contributed by atoms with Crippen LogP contribution in [0.1, 0.15) is 31.0 Å². The molecule has 0 bridgehead atoms. The van der Waals surface area contributed by atoms with E-state index in [0.29, 0.717) is 5.56 Å². The van der Waals surface area contributed by atoms with Crippen LogP contribution in [-0.2, 0) is 4.74 Å². The van der Waals surface area contributed by atoms with Gasteiger partial charge in [0.15, 0.2) is 0 Å². The Kier molecular flexibility index (Phi) is 7.08. The zero-order valence-electron chi connectivity index (χ0n) is 16.1. The number of nitrogens with one attached hydrogen (secondary N) is 3. The van der Waals surface area contributed by atoms with E-state index in [9.17, 15) is 14.3 Å². The number of amides is 2. The molecular formula is C19H24FN5O4. The maximum Gasteiger partial charge on any atom is 0.320 e. The molecule has 1 heterocycles. The SMILES string of the molecule is CC(C)(O)[C@@H](NC(=O)Nc1cc(N)c(C(=N)OCCO)cn1)c1ccc(F)cc1. The highest BCUT2D eigenvalue weighted by atomic mass is 19.1. The lowest BCUT2D eigenvalue weighted by Gasteiger charge is -2.30. The van der Waals surface area contributed by atoms with E-state index in [1.54, 1.807) is 0 Å². The van der Waals surface area contributed by atoms with Crippen LogP contribution >= 0.6 is 0 Å². The molecule has 7 N–H and O–H groups in total. The van der Waals surface area contributed by atoms with Crippen LogP contribution in [0.3, 0.4) is 0 Å². The fourth-order valence-electron chi connectivity index (χ4n) is 2.56. The standard InChI is InChI=1S/C19H24FN5O4/c1-19(2,28)16(11-3-5-12(20)6-4-11)25-18(27)24-15-9-14(21)13(10-23-15)17(22)29-8-7-26/h3-6,9-10,16,22,26,28H,7-8H2,1-2H3,(H4,21,23,24,25,27)/t16-/m0/s1. The Morgan fingerprint density at radius 2 is 2.03 bits per heavy atom. The normalized spacial score (nSPS) is 12.2. The summed E-state index contributed by atoms with van der Waals surface area (Å²) in [7, 11) is 0. The van der Waals surface area contributed by atoms with Crippen molar-refractivity contribution in [2.24, 2.45) is 0 Å². The van der Waals surface area contributed by atoms with E-state index in [0.717, 1.165) is 0 Å². The Balaban J connectivity index is 2.11. The average molecular weight is 405 g/mol. The van der Waals surface area contributed by atoms with Crippen molar-refractivity contribution in [2.75, 3.05) is 24.3 Å². The largest absolute Gasteiger partial charge is 0.475 e. The Morgan fingerprint density at radius 3 is 2.59 bits per heavy atom. The number of aliphatic hydroxyl groups excluding tert-OH is 1. The maximum absolute atomic E-state index is 13.2. The lowest BCUT2D eigenvalue weighted by molar-refractivity contribution is 0.0415. The number of ether oxygens (including phenoxy) is 1. The second-order valence-corrected chi connectivity index (χ2v) is 6.79. The van der Waals surface area contributed by atoms with E-state index in [2.05, 4.69) is 15.6 Å². The van der Waals surface area contributed by atoms with Gasteiger partial charge in [-0.1, -0.05) is 12.1 Å². The number of rotatable bonds is 7. The first kappa shape index (κ1) is 22.1. The molecule has 1 aromatic carbocycles.